The minimum absolute atomic E-state index is 0.0986. The summed E-state index contributed by atoms with van der Waals surface area (Å²) >= 11 is 4.33. The quantitative estimate of drug-likeness (QED) is 0.803. The highest BCUT2D eigenvalue weighted by molar-refractivity contribution is 7.81. The largest absolute Gasteiger partial charge is 0.326 e. The molecule has 18 heavy (non-hydrogen) atoms. The van der Waals surface area contributed by atoms with Crippen LogP contribution in [0.15, 0.2) is 18.2 Å². The lowest BCUT2D eigenvalue weighted by Gasteiger charge is -2.18. The number of hydrogen-bond donors (Lipinski definition) is 2. The second-order valence-electron chi connectivity index (χ2n) is 4.54. The van der Waals surface area contributed by atoms with Crippen molar-refractivity contribution in [3.05, 3.63) is 23.8 Å². The number of carbonyl (C=O) groups is 2. The van der Waals surface area contributed by atoms with Gasteiger partial charge in [0.05, 0.1) is 0 Å². The van der Waals surface area contributed by atoms with Crippen LogP contribution < -0.4 is 10.2 Å². The lowest BCUT2D eigenvalue weighted by molar-refractivity contribution is -0.117. The Morgan fingerprint density at radius 3 is 2.72 bits per heavy atom. The molecule has 1 aromatic carbocycles. The molecule has 96 valence electrons. The Morgan fingerprint density at radius 2 is 2.22 bits per heavy atom. The molecule has 1 heterocycles. The predicted molar refractivity (Wildman–Crippen MR) is 75.2 cm³/mol. The maximum atomic E-state index is 11.8. The number of rotatable bonds is 2. The van der Waals surface area contributed by atoms with Gasteiger partial charge in [0, 0.05) is 36.5 Å². The molecule has 1 fully saturated rings. The first-order chi connectivity index (χ1) is 8.47. The summed E-state index contributed by atoms with van der Waals surface area (Å²) in [5.41, 5.74) is 2.58. The van der Waals surface area contributed by atoms with Gasteiger partial charge >= 0.3 is 0 Å². The van der Waals surface area contributed by atoms with Gasteiger partial charge in [-0.25, -0.2) is 0 Å². The molecule has 4 nitrogen and oxygen atoms in total. The van der Waals surface area contributed by atoms with E-state index in [2.05, 4.69) is 17.9 Å². The van der Waals surface area contributed by atoms with E-state index in [1.807, 2.05) is 25.1 Å². The van der Waals surface area contributed by atoms with Crippen LogP contribution in [0.4, 0.5) is 11.4 Å². The number of thiol groups is 1. The second-order valence-corrected chi connectivity index (χ2v) is 5.27. The van der Waals surface area contributed by atoms with Crippen LogP contribution in [-0.4, -0.2) is 23.6 Å². The molecule has 0 bridgehead atoms. The number of aryl methyl sites for hydroxylation is 1. The zero-order chi connectivity index (χ0) is 13.3. The molecule has 1 aromatic rings. The second kappa shape index (κ2) is 5.02. The zero-order valence-electron chi connectivity index (χ0n) is 10.4. The fourth-order valence-corrected chi connectivity index (χ4v) is 2.40. The van der Waals surface area contributed by atoms with E-state index in [-0.39, 0.29) is 17.1 Å². The summed E-state index contributed by atoms with van der Waals surface area (Å²) in [4.78, 5) is 24.5. The molecule has 2 rings (SSSR count). The highest BCUT2D eigenvalue weighted by Crippen LogP contribution is 2.27. The molecule has 0 aromatic heterocycles. The van der Waals surface area contributed by atoms with Crippen LogP contribution in [0.5, 0.6) is 0 Å². The zero-order valence-corrected chi connectivity index (χ0v) is 11.3. The molecule has 5 heteroatoms. The third kappa shape index (κ3) is 2.67. The predicted octanol–water partition coefficient (Wildman–Crippen LogP) is 1.99. The first-order valence-electron chi connectivity index (χ1n) is 5.84. The van der Waals surface area contributed by atoms with Gasteiger partial charge in [-0.15, -0.1) is 0 Å². The van der Waals surface area contributed by atoms with Crippen molar-refractivity contribution in [1.82, 2.24) is 0 Å². The SMILES string of the molecule is CC(=O)Nc1ccc(N2CC(S)CC2=O)cc1C. The topological polar surface area (TPSA) is 49.4 Å². The number of hydrogen-bond acceptors (Lipinski definition) is 3. The molecule has 0 aliphatic carbocycles. The van der Waals surface area contributed by atoms with Gasteiger partial charge in [-0.2, -0.15) is 12.6 Å². The molecule has 0 spiro atoms. The Kier molecular flexibility index (Phi) is 3.61. The molecule has 0 radical (unpaired) electrons. The fraction of sp³-hybridized carbons (Fsp3) is 0.385. The first kappa shape index (κ1) is 13.0. The van der Waals surface area contributed by atoms with Gasteiger partial charge in [0.1, 0.15) is 0 Å². The van der Waals surface area contributed by atoms with Gasteiger partial charge in [0.25, 0.3) is 0 Å². The van der Waals surface area contributed by atoms with Crippen molar-refractivity contribution < 1.29 is 9.59 Å². The minimum atomic E-state index is -0.0986. The molecular weight excluding hydrogens is 248 g/mol. The summed E-state index contributed by atoms with van der Waals surface area (Å²) in [7, 11) is 0. The number of benzene rings is 1. The van der Waals surface area contributed by atoms with Gasteiger partial charge < -0.3 is 10.2 Å². The standard InChI is InChI=1S/C13H16N2O2S/c1-8-5-10(3-4-12(8)14-9(2)16)15-7-11(18)6-13(15)17/h3-5,11,18H,6-7H2,1-2H3,(H,14,16). The third-order valence-electron chi connectivity index (χ3n) is 2.94. The van der Waals surface area contributed by atoms with Gasteiger partial charge in [-0.05, 0) is 30.7 Å². The lowest BCUT2D eigenvalue weighted by Crippen LogP contribution is -2.24. The van der Waals surface area contributed by atoms with Crippen molar-refractivity contribution in [2.75, 3.05) is 16.8 Å². The van der Waals surface area contributed by atoms with Crippen LogP contribution in [-0.2, 0) is 9.59 Å². The molecule has 0 saturated carbocycles. The average Bonchev–Trinajstić information content (AvgIpc) is 2.60. The van der Waals surface area contributed by atoms with E-state index < -0.39 is 0 Å². The van der Waals surface area contributed by atoms with Gasteiger partial charge in [-0.3, -0.25) is 9.59 Å². The monoisotopic (exact) mass is 264 g/mol. The van der Waals surface area contributed by atoms with Crippen molar-refractivity contribution in [1.29, 1.82) is 0 Å². The van der Waals surface area contributed by atoms with Crippen LogP contribution in [0.25, 0.3) is 0 Å². The maximum Gasteiger partial charge on any atom is 0.228 e. The summed E-state index contributed by atoms with van der Waals surface area (Å²) in [6.07, 6.45) is 0.482. The summed E-state index contributed by atoms with van der Waals surface area (Å²) in [6, 6.07) is 5.59. The van der Waals surface area contributed by atoms with Crippen molar-refractivity contribution in [3.63, 3.8) is 0 Å². The smallest absolute Gasteiger partial charge is 0.228 e. The first-order valence-corrected chi connectivity index (χ1v) is 6.35. The lowest BCUT2D eigenvalue weighted by atomic mass is 10.1. The van der Waals surface area contributed by atoms with E-state index in [1.165, 1.54) is 6.92 Å². The van der Waals surface area contributed by atoms with E-state index in [0.29, 0.717) is 13.0 Å². The normalized spacial score (nSPS) is 19.2. The highest BCUT2D eigenvalue weighted by Gasteiger charge is 2.28. The molecule has 1 atom stereocenters. The molecule has 1 aliphatic heterocycles. The Morgan fingerprint density at radius 1 is 1.50 bits per heavy atom. The van der Waals surface area contributed by atoms with Crippen molar-refractivity contribution in [2.24, 2.45) is 0 Å². The molecular formula is C13H16N2O2S. The number of carbonyl (C=O) groups excluding carboxylic acids is 2. The van der Waals surface area contributed by atoms with E-state index >= 15 is 0 Å². The van der Waals surface area contributed by atoms with Gasteiger partial charge in [0.15, 0.2) is 0 Å². The van der Waals surface area contributed by atoms with E-state index in [9.17, 15) is 9.59 Å². The number of nitrogens with zero attached hydrogens (tertiary/aromatic N) is 1. The highest BCUT2D eigenvalue weighted by atomic mass is 32.1. The summed E-state index contributed by atoms with van der Waals surface area (Å²) in [6.45, 7) is 4.03. The van der Waals surface area contributed by atoms with Gasteiger partial charge in [-0.1, -0.05) is 0 Å². The van der Waals surface area contributed by atoms with Crippen LogP contribution in [0.2, 0.25) is 0 Å². The number of amides is 2. The van der Waals surface area contributed by atoms with Crippen molar-refractivity contribution in [3.8, 4) is 0 Å². The molecule has 1 aliphatic rings. The average molecular weight is 264 g/mol. The summed E-state index contributed by atoms with van der Waals surface area (Å²) in [5.74, 6) is 0.000184. The molecule has 1 unspecified atom stereocenters. The summed E-state index contributed by atoms with van der Waals surface area (Å²) in [5, 5.41) is 2.86. The van der Waals surface area contributed by atoms with E-state index in [4.69, 9.17) is 0 Å². The number of nitrogens with one attached hydrogen (secondary N) is 1. The summed E-state index contributed by atoms with van der Waals surface area (Å²) < 4.78 is 0. The van der Waals surface area contributed by atoms with Crippen LogP contribution in [0.1, 0.15) is 18.9 Å². The van der Waals surface area contributed by atoms with Gasteiger partial charge in [0.2, 0.25) is 11.8 Å². The number of anilines is 2. The van der Waals surface area contributed by atoms with Crippen LogP contribution >= 0.6 is 12.6 Å². The van der Waals surface area contributed by atoms with Crippen LogP contribution in [0, 0.1) is 6.92 Å². The Balaban J connectivity index is 2.23. The molecule has 1 N–H and O–H groups in total. The van der Waals surface area contributed by atoms with E-state index in [1.54, 1.807) is 4.90 Å². The van der Waals surface area contributed by atoms with Crippen molar-refractivity contribution >= 4 is 35.8 Å². The maximum absolute atomic E-state index is 11.8. The fourth-order valence-electron chi connectivity index (χ4n) is 2.08. The van der Waals surface area contributed by atoms with Crippen molar-refractivity contribution in [2.45, 2.75) is 25.5 Å². The third-order valence-corrected chi connectivity index (χ3v) is 3.28. The Bertz CT molecular complexity index is 502. The molecule has 2 amide bonds. The van der Waals surface area contributed by atoms with E-state index in [0.717, 1.165) is 16.9 Å². The Hall–Kier alpha value is -1.49. The van der Waals surface area contributed by atoms with Crippen LogP contribution in [0.3, 0.4) is 0 Å². The Labute approximate surface area is 112 Å². The minimum Gasteiger partial charge on any atom is -0.326 e. The molecule has 1 saturated heterocycles.